The van der Waals surface area contributed by atoms with Crippen LogP contribution in [-0.4, -0.2) is 321 Å². The highest BCUT2D eigenvalue weighted by molar-refractivity contribution is 6.01. The summed E-state index contributed by atoms with van der Waals surface area (Å²) in [4.78, 5) is 62.6. The topological polar surface area (TPSA) is 525 Å². The van der Waals surface area contributed by atoms with Crippen molar-refractivity contribution in [3.8, 4) is 22.5 Å². The average molecular weight is 1790 g/mol. The lowest BCUT2D eigenvalue weighted by Gasteiger charge is -2.29. The van der Waals surface area contributed by atoms with E-state index in [0.29, 0.717) is 312 Å². The molecular formula is C87H124N18O23. The number of nitrogen functional groups attached to an aromatic ring is 4. The van der Waals surface area contributed by atoms with Crippen LogP contribution in [0.5, 0.6) is 0 Å². The lowest BCUT2D eigenvalue weighted by atomic mass is 9.97. The molecule has 0 unspecified atom stereocenters. The van der Waals surface area contributed by atoms with Gasteiger partial charge in [0.1, 0.15) is 52.3 Å². The highest BCUT2D eigenvalue weighted by Gasteiger charge is 2.25. The van der Waals surface area contributed by atoms with Crippen LogP contribution >= 0.6 is 0 Å². The number of anilines is 4. The van der Waals surface area contributed by atoms with Crippen molar-refractivity contribution in [1.82, 2.24) is 65.0 Å². The molecule has 12 rings (SSSR count). The number of rotatable bonds is 59. The van der Waals surface area contributed by atoms with Crippen LogP contribution in [0, 0.1) is 0 Å². The van der Waals surface area contributed by atoms with Gasteiger partial charge in [-0.25, -0.2) is 34.1 Å². The van der Waals surface area contributed by atoms with Crippen LogP contribution in [0.25, 0.3) is 66.8 Å². The van der Waals surface area contributed by atoms with Crippen molar-refractivity contribution in [3.63, 3.8) is 0 Å². The van der Waals surface area contributed by atoms with Crippen molar-refractivity contribution in [3.05, 3.63) is 119 Å². The molecule has 8 heterocycles. The van der Waals surface area contributed by atoms with Crippen molar-refractivity contribution < 1.29 is 109 Å². The molecule has 0 bridgehead atoms. The Morgan fingerprint density at radius 1 is 0.453 bits per heavy atom. The van der Waals surface area contributed by atoms with E-state index in [0.717, 1.165) is 53.6 Å². The van der Waals surface area contributed by atoms with E-state index in [-0.39, 0.29) is 31.0 Å². The third-order valence-electron chi connectivity index (χ3n) is 19.2. The Labute approximate surface area is 742 Å². The molecule has 0 aliphatic carbocycles. The molecule has 2 aliphatic rings. The first kappa shape index (κ1) is 99.8. The van der Waals surface area contributed by atoms with Crippen LogP contribution in [0.4, 0.5) is 28.5 Å². The Balaban J connectivity index is 0.000000215. The number of nitrogens with two attached hydrogens (primary N) is 5. The second-order valence-corrected chi connectivity index (χ2v) is 30.0. The summed E-state index contributed by atoms with van der Waals surface area (Å²) in [6.45, 7) is 25.1. The Morgan fingerprint density at radius 3 is 1.24 bits per heavy atom. The molecule has 6 aromatic heterocycles. The maximum atomic E-state index is 13.0. The molecule has 0 atom stereocenters. The van der Waals surface area contributed by atoms with E-state index in [2.05, 4.69) is 76.9 Å². The number of carboxylic acid groups (broad SMARTS) is 1. The molecule has 41 heteroatoms. The SMILES string of the molecule is CC(C)(C)OC(=O)NCCOCCOCCOCCOCCOCCOCCOCCOCCC(=O)O.NCCOCCOCCOCCOCCOCCOCCOCCOCCC(=O)N1CCc2cc(Cn3nc(-c4ccc5oc(N)nc5c4)c4c(N)ncnc43)ccc2C1.Nc1nc2cc(-c3nn(Cc4ccc5c(c4)CCNC5)c4ncnc(N)c34)ccc2o1. The summed E-state index contributed by atoms with van der Waals surface area (Å²) < 4.78 is 106. The van der Waals surface area contributed by atoms with E-state index in [1.165, 1.54) is 34.9 Å². The first-order valence-corrected chi connectivity index (χ1v) is 43.1. The van der Waals surface area contributed by atoms with Crippen LogP contribution in [0.2, 0.25) is 0 Å². The molecular weight excluding hydrogens is 1670 g/mol. The summed E-state index contributed by atoms with van der Waals surface area (Å²) in [7, 11) is 0. The van der Waals surface area contributed by atoms with E-state index in [4.69, 9.17) is 133 Å². The van der Waals surface area contributed by atoms with E-state index < -0.39 is 17.7 Å². The third-order valence-corrected chi connectivity index (χ3v) is 19.2. The first-order chi connectivity index (χ1) is 62.5. The van der Waals surface area contributed by atoms with Crippen LogP contribution in [-0.2, 0) is 129 Å². The Hall–Kier alpha value is -10.4. The first-order valence-electron chi connectivity index (χ1n) is 43.1. The number of oxazole rings is 2. The van der Waals surface area contributed by atoms with E-state index in [1.54, 1.807) is 0 Å². The number of carbonyl (C=O) groups excluding carboxylic acids is 2. The second-order valence-electron chi connectivity index (χ2n) is 30.0. The van der Waals surface area contributed by atoms with Crippen molar-refractivity contribution in [1.29, 1.82) is 0 Å². The number of fused-ring (bicyclic) bond motifs is 6. The standard InChI is InChI=1S/C41H57N9O10.C24H47NO12.C22H20N8O/c42-7-10-53-12-14-55-16-18-57-20-22-59-24-23-58-21-19-56-17-15-54-13-11-52-9-6-36(51)49-8-5-31-25-30(1-2-33(31)28-49)27-50-40-37(39(43)45-29-46-40)38(48-50)32-3-4-35-34(26-32)47-41(44)60-35;1-24(2,3)37-23(28)25-5-7-30-9-11-32-13-15-34-17-19-36-21-20-35-18-16-33-14-12-31-10-8-29-6-4-22(26)27;23-20-18-19(14-3-4-17-16(8-14)28-22(24)31-17)29-30(21(18)27-11-26-20)10-12-1-2-15-9-25-6-5-13(15)7-12/h1-4,25-26,29H,5-24,27-28,42H2,(H2,44,47)(H2,43,45,46);4-21H2,1-3H3,(H,25,28)(H,26,27);1-4,7-8,11,25H,5-6,9-10H2,(H2,24,28)(H2,23,26,27). The van der Waals surface area contributed by atoms with Crippen molar-refractivity contribution in [2.45, 2.75) is 78.2 Å². The number of nitrogens with one attached hydrogen (secondary N) is 2. The fourth-order valence-corrected chi connectivity index (χ4v) is 13.1. The molecule has 0 spiro atoms. The van der Waals surface area contributed by atoms with Gasteiger partial charge in [0, 0.05) is 43.9 Å². The smallest absolute Gasteiger partial charge is 0.407 e. The van der Waals surface area contributed by atoms with Crippen LogP contribution in [0.15, 0.2) is 94.3 Å². The third kappa shape index (κ3) is 35.2. The number of amides is 2. The minimum Gasteiger partial charge on any atom is -0.481 e. The fourth-order valence-electron chi connectivity index (χ4n) is 13.1. The van der Waals surface area contributed by atoms with Gasteiger partial charge >= 0.3 is 12.1 Å². The normalized spacial score (nSPS) is 12.7. The lowest BCUT2D eigenvalue weighted by Crippen LogP contribution is -2.36. The molecule has 700 valence electrons. The van der Waals surface area contributed by atoms with Gasteiger partial charge in [0.2, 0.25) is 5.91 Å². The van der Waals surface area contributed by atoms with Gasteiger partial charge in [-0.3, -0.25) is 9.59 Å². The van der Waals surface area contributed by atoms with Gasteiger partial charge < -0.3 is 139 Å². The zero-order valence-corrected chi connectivity index (χ0v) is 73.4. The van der Waals surface area contributed by atoms with E-state index >= 15 is 0 Å². The Morgan fingerprint density at radius 2 is 0.836 bits per heavy atom. The van der Waals surface area contributed by atoms with Gasteiger partial charge in [0.15, 0.2) is 22.5 Å². The van der Waals surface area contributed by atoms with Crippen LogP contribution in [0.3, 0.4) is 0 Å². The molecule has 0 fully saturated rings. The average Bonchev–Trinajstić information content (AvgIpc) is 1.59. The molecule has 0 saturated carbocycles. The molecule has 13 N–H and O–H groups in total. The Bertz CT molecular complexity index is 4930. The summed E-state index contributed by atoms with van der Waals surface area (Å²) in [5.74, 6) is -0.0764. The second kappa shape index (κ2) is 56.1. The molecule has 2 amide bonds. The minimum atomic E-state index is -0.876. The van der Waals surface area contributed by atoms with E-state index in [9.17, 15) is 14.4 Å². The summed E-state index contributed by atoms with van der Waals surface area (Å²) in [5.41, 5.74) is 43.0. The number of hydrogen-bond donors (Lipinski definition) is 8. The number of aromatic nitrogens is 10. The fraction of sp³-hybridized carbons (Fsp3) is 0.552. The largest absolute Gasteiger partial charge is 0.481 e. The van der Waals surface area contributed by atoms with Gasteiger partial charge in [-0.05, 0) is 110 Å². The van der Waals surface area contributed by atoms with Crippen LogP contribution in [0.1, 0.15) is 67.0 Å². The predicted molar refractivity (Wildman–Crippen MR) is 473 cm³/mol. The number of hydrogen-bond acceptors (Lipinski definition) is 36. The molecule has 0 saturated heterocycles. The maximum absolute atomic E-state index is 13.0. The summed E-state index contributed by atoms with van der Waals surface area (Å²) in [6, 6.07) is 24.4. The summed E-state index contributed by atoms with van der Waals surface area (Å²) in [5, 5.41) is 25.7. The lowest BCUT2D eigenvalue weighted by molar-refractivity contribution is -0.138. The van der Waals surface area contributed by atoms with Crippen LogP contribution < -0.4 is 39.3 Å². The Kier molecular flexibility index (Phi) is 43.8. The zero-order valence-electron chi connectivity index (χ0n) is 73.4. The number of alkyl carbamates (subject to hydrolysis) is 1. The molecule has 4 aromatic carbocycles. The number of aliphatic carboxylic acids is 1. The monoisotopic (exact) mass is 1790 g/mol. The van der Waals surface area contributed by atoms with Crippen molar-refractivity contribution in [2.24, 2.45) is 5.73 Å². The van der Waals surface area contributed by atoms with Crippen molar-refractivity contribution in [2.75, 3.05) is 261 Å². The van der Waals surface area contributed by atoms with Gasteiger partial charge in [-0.15, -0.1) is 0 Å². The number of nitrogens with zero attached hydrogens (tertiary/aromatic N) is 11. The molecule has 0 radical (unpaired) electrons. The molecule has 2 aliphatic heterocycles. The van der Waals surface area contributed by atoms with Crippen molar-refractivity contribution >= 4 is 85.9 Å². The van der Waals surface area contributed by atoms with Gasteiger partial charge in [0.05, 0.1) is 248 Å². The number of ether oxygens (including phenoxy) is 17. The minimum absolute atomic E-state index is 0.00399. The quantitative estimate of drug-likeness (QED) is 0.0208. The summed E-state index contributed by atoms with van der Waals surface area (Å²) in [6.07, 6.45) is 4.56. The molecule has 10 aromatic rings. The van der Waals surface area contributed by atoms with Gasteiger partial charge in [-0.2, -0.15) is 20.2 Å². The highest BCUT2D eigenvalue weighted by Crippen LogP contribution is 2.35. The number of carbonyl (C=O) groups is 3. The maximum Gasteiger partial charge on any atom is 0.407 e. The van der Waals surface area contributed by atoms with E-state index in [1.807, 2.05) is 71.4 Å². The molecule has 128 heavy (non-hydrogen) atoms. The zero-order chi connectivity index (χ0) is 90.2. The van der Waals surface area contributed by atoms with Gasteiger partial charge in [-0.1, -0.05) is 36.4 Å². The predicted octanol–water partition coefficient (Wildman–Crippen LogP) is 5.82. The molecule has 41 nitrogen and oxygen atoms in total. The number of benzene rings is 4. The summed E-state index contributed by atoms with van der Waals surface area (Å²) >= 11 is 0. The highest BCUT2D eigenvalue weighted by atomic mass is 16.6. The number of carboxylic acids is 1. The van der Waals surface area contributed by atoms with Gasteiger partial charge in [0.25, 0.3) is 12.0 Å².